The number of aliphatic hydroxyl groups is 1. The number of hydrogen-bond acceptors (Lipinski definition) is 6. The molecule has 0 amide bonds. The van der Waals surface area contributed by atoms with Crippen LogP contribution in [0.5, 0.6) is 0 Å². The molecule has 0 radical (unpaired) electrons. The second-order valence-corrected chi connectivity index (χ2v) is 6.49. The van der Waals surface area contributed by atoms with E-state index in [1.54, 1.807) is 12.1 Å². The van der Waals surface area contributed by atoms with Gasteiger partial charge in [-0.2, -0.15) is 13.2 Å². The molecule has 0 aliphatic heterocycles. The number of hydrazine groups is 1. The fourth-order valence-corrected chi connectivity index (χ4v) is 2.72. The number of aliphatic hydroxyl groups excluding tert-OH is 1. The largest absolute Gasteiger partial charge is 0.416 e. The number of hydrogen-bond donors (Lipinski definition) is 4. The standard InChI is InChI=1S/C17H20F3N5OS/c18-17(19,20)14-5-1-12(2-6-14)11-25(22)24-16(21)13-3-7-15(8-4-13)27-23-9-10-26/h1-8,23,26H,9-11,22H2,(H2,21,24). The van der Waals surface area contributed by atoms with Crippen molar-refractivity contribution >= 4 is 17.8 Å². The van der Waals surface area contributed by atoms with Gasteiger partial charge in [-0.15, -0.1) is 5.10 Å². The lowest BCUT2D eigenvalue weighted by atomic mass is 10.1. The lowest BCUT2D eigenvalue weighted by Crippen LogP contribution is -2.29. The maximum atomic E-state index is 12.6. The normalized spacial score (nSPS) is 12.3. The topological polar surface area (TPSA) is 99.9 Å². The molecule has 27 heavy (non-hydrogen) atoms. The quantitative estimate of drug-likeness (QED) is 0.136. The third-order valence-corrected chi connectivity index (χ3v) is 4.27. The summed E-state index contributed by atoms with van der Waals surface area (Å²) in [6, 6.07) is 11.9. The van der Waals surface area contributed by atoms with Gasteiger partial charge >= 0.3 is 6.18 Å². The second-order valence-electron chi connectivity index (χ2n) is 5.52. The van der Waals surface area contributed by atoms with Gasteiger partial charge in [-0.1, -0.05) is 24.3 Å². The molecule has 0 bridgehead atoms. The molecule has 146 valence electrons. The summed E-state index contributed by atoms with van der Waals surface area (Å²) < 4.78 is 40.7. The van der Waals surface area contributed by atoms with E-state index in [9.17, 15) is 13.2 Å². The highest BCUT2D eigenvalue weighted by Gasteiger charge is 2.29. The van der Waals surface area contributed by atoms with Gasteiger partial charge in [-0.25, -0.2) is 11.0 Å². The van der Waals surface area contributed by atoms with Crippen molar-refractivity contribution < 1.29 is 18.3 Å². The van der Waals surface area contributed by atoms with E-state index in [1.165, 1.54) is 24.1 Å². The minimum Gasteiger partial charge on any atom is -0.395 e. The zero-order valence-electron chi connectivity index (χ0n) is 14.3. The minimum absolute atomic E-state index is 0.0515. The predicted octanol–water partition coefficient (Wildman–Crippen LogP) is 2.29. The van der Waals surface area contributed by atoms with E-state index < -0.39 is 11.7 Å². The third kappa shape index (κ3) is 6.75. The number of rotatable bonds is 8. The smallest absolute Gasteiger partial charge is 0.395 e. The second kappa shape index (κ2) is 9.60. The Hall–Kier alpha value is -2.27. The average molecular weight is 399 g/mol. The molecule has 6 nitrogen and oxygen atoms in total. The summed E-state index contributed by atoms with van der Waals surface area (Å²) in [5.41, 5.74) is 6.44. The van der Waals surface area contributed by atoms with Crippen molar-refractivity contribution in [2.75, 3.05) is 13.2 Å². The van der Waals surface area contributed by atoms with Crippen LogP contribution in [0.25, 0.3) is 0 Å². The van der Waals surface area contributed by atoms with Gasteiger partial charge in [0, 0.05) is 17.0 Å². The van der Waals surface area contributed by atoms with Crippen LogP contribution in [-0.4, -0.2) is 29.2 Å². The molecule has 2 rings (SSSR count). The van der Waals surface area contributed by atoms with Gasteiger partial charge in [0.25, 0.3) is 0 Å². The van der Waals surface area contributed by atoms with Crippen LogP contribution in [0.3, 0.4) is 0 Å². The molecule has 2 aromatic carbocycles. The maximum Gasteiger partial charge on any atom is 0.416 e. The molecule has 0 spiro atoms. The van der Waals surface area contributed by atoms with Crippen molar-refractivity contribution in [3.8, 4) is 0 Å². The predicted molar refractivity (Wildman–Crippen MR) is 99.3 cm³/mol. The first-order chi connectivity index (χ1) is 12.8. The highest BCUT2D eigenvalue weighted by molar-refractivity contribution is 7.97. The van der Waals surface area contributed by atoms with Crippen molar-refractivity contribution in [3.63, 3.8) is 0 Å². The molecular formula is C17H20F3N5OS. The van der Waals surface area contributed by atoms with Gasteiger partial charge in [-0.3, -0.25) is 4.72 Å². The number of benzene rings is 2. The van der Waals surface area contributed by atoms with Crippen LogP contribution < -0.4 is 16.3 Å². The van der Waals surface area contributed by atoms with Gasteiger partial charge in [-0.05, 0) is 41.8 Å². The molecular weight excluding hydrogens is 379 g/mol. The zero-order chi connectivity index (χ0) is 19.9. The van der Waals surface area contributed by atoms with E-state index in [0.717, 1.165) is 22.1 Å². The lowest BCUT2D eigenvalue weighted by molar-refractivity contribution is -0.137. The summed E-state index contributed by atoms with van der Waals surface area (Å²) in [4.78, 5) is 0.939. The summed E-state index contributed by atoms with van der Waals surface area (Å²) in [7, 11) is 0. The zero-order valence-corrected chi connectivity index (χ0v) is 15.1. The molecule has 0 saturated carbocycles. The van der Waals surface area contributed by atoms with Crippen molar-refractivity contribution in [2.24, 2.45) is 16.7 Å². The summed E-state index contributed by atoms with van der Waals surface area (Å²) in [6.45, 7) is 0.635. The summed E-state index contributed by atoms with van der Waals surface area (Å²) >= 11 is 1.38. The fraction of sp³-hybridized carbons (Fsp3) is 0.235. The van der Waals surface area contributed by atoms with Crippen LogP contribution in [0.2, 0.25) is 0 Å². The molecule has 0 aliphatic rings. The van der Waals surface area contributed by atoms with Crippen LogP contribution in [0.4, 0.5) is 13.2 Å². The summed E-state index contributed by atoms with van der Waals surface area (Å²) in [6.07, 6.45) is -4.37. The fourth-order valence-electron chi connectivity index (χ4n) is 2.09. The summed E-state index contributed by atoms with van der Waals surface area (Å²) in [5, 5.41) is 13.8. The SMILES string of the molecule is N/C(=N\N(N)Cc1ccc(C(F)(F)F)cc1)c1ccc(SNCCO)cc1. The molecule has 0 aromatic heterocycles. The van der Waals surface area contributed by atoms with Crippen molar-refractivity contribution in [1.82, 2.24) is 9.84 Å². The third-order valence-electron chi connectivity index (χ3n) is 3.42. The number of halogens is 3. The molecule has 0 unspecified atom stereocenters. The Morgan fingerprint density at radius 3 is 2.30 bits per heavy atom. The van der Waals surface area contributed by atoms with Gasteiger partial charge < -0.3 is 10.8 Å². The van der Waals surface area contributed by atoms with Crippen LogP contribution in [0.15, 0.2) is 58.5 Å². The first-order valence-electron chi connectivity index (χ1n) is 7.93. The van der Waals surface area contributed by atoms with Gasteiger partial charge in [0.05, 0.1) is 18.7 Å². The summed E-state index contributed by atoms with van der Waals surface area (Å²) in [5.74, 6) is 5.97. The number of amidine groups is 1. The first kappa shape index (κ1) is 21.0. The maximum absolute atomic E-state index is 12.6. The molecule has 0 heterocycles. The van der Waals surface area contributed by atoms with E-state index >= 15 is 0 Å². The Balaban J connectivity index is 1.96. The van der Waals surface area contributed by atoms with E-state index in [0.29, 0.717) is 17.7 Å². The minimum atomic E-state index is -4.37. The molecule has 2 aromatic rings. The van der Waals surface area contributed by atoms with E-state index in [2.05, 4.69) is 9.82 Å². The number of nitrogens with two attached hydrogens (primary N) is 2. The van der Waals surface area contributed by atoms with Crippen LogP contribution in [0.1, 0.15) is 16.7 Å². The Morgan fingerprint density at radius 2 is 1.74 bits per heavy atom. The average Bonchev–Trinajstić information content (AvgIpc) is 2.62. The molecule has 0 fully saturated rings. The Labute approximate surface area is 159 Å². The van der Waals surface area contributed by atoms with Gasteiger partial charge in [0.2, 0.25) is 0 Å². The molecule has 0 aliphatic carbocycles. The van der Waals surface area contributed by atoms with E-state index in [-0.39, 0.29) is 19.0 Å². The molecule has 6 N–H and O–H groups in total. The molecule has 0 atom stereocenters. The highest BCUT2D eigenvalue weighted by Crippen LogP contribution is 2.29. The van der Waals surface area contributed by atoms with Crippen LogP contribution >= 0.6 is 11.9 Å². The Morgan fingerprint density at radius 1 is 1.11 bits per heavy atom. The molecule has 10 heteroatoms. The van der Waals surface area contributed by atoms with Crippen molar-refractivity contribution in [2.45, 2.75) is 17.6 Å². The Bertz CT molecular complexity index is 751. The lowest BCUT2D eigenvalue weighted by Gasteiger charge is -2.14. The number of nitrogens with zero attached hydrogens (tertiary/aromatic N) is 2. The number of hydrazone groups is 1. The van der Waals surface area contributed by atoms with E-state index in [4.69, 9.17) is 16.7 Å². The van der Waals surface area contributed by atoms with Crippen molar-refractivity contribution in [3.05, 3.63) is 65.2 Å². The van der Waals surface area contributed by atoms with Crippen LogP contribution in [-0.2, 0) is 12.7 Å². The van der Waals surface area contributed by atoms with E-state index in [1.807, 2.05) is 12.1 Å². The highest BCUT2D eigenvalue weighted by atomic mass is 32.2. The Kier molecular flexibility index (Phi) is 7.48. The number of nitrogens with one attached hydrogen (secondary N) is 1. The first-order valence-corrected chi connectivity index (χ1v) is 8.74. The van der Waals surface area contributed by atoms with Gasteiger partial charge in [0.1, 0.15) is 0 Å². The van der Waals surface area contributed by atoms with Crippen molar-refractivity contribution in [1.29, 1.82) is 0 Å². The monoisotopic (exact) mass is 399 g/mol. The van der Waals surface area contributed by atoms with Crippen LogP contribution in [0, 0.1) is 0 Å². The molecule has 0 saturated heterocycles. The van der Waals surface area contributed by atoms with Gasteiger partial charge in [0.15, 0.2) is 5.84 Å². The number of alkyl halides is 3.